The second kappa shape index (κ2) is 12.1. The number of hydrogen-bond donors (Lipinski definition) is 1. The van der Waals surface area contributed by atoms with Crippen LogP contribution >= 0.6 is 0 Å². The molecule has 0 atom stereocenters. The second-order valence-electron chi connectivity index (χ2n) is 9.02. The zero-order valence-electron chi connectivity index (χ0n) is 20.2. The van der Waals surface area contributed by atoms with Crippen LogP contribution in [0.15, 0.2) is 84.9 Å². The van der Waals surface area contributed by atoms with Crippen LogP contribution in [-0.2, 0) is 11.3 Å². The van der Waals surface area contributed by atoms with Crippen LogP contribution in [0.2, 0.25) is 0 Å². The van der Waals surface area contributed by atoms with Crippen LogP contribution in [0.4, 0.5) is 0 Å². The first kappa shape index (κ1) is 24.4. The molecule has 0 aromatic heterocycles. The van der Waals surface area contributed by atoms with Crippen LogP contribution < -0.4 is 10.1 Å². The Bertz CT molecular complexity index is 1130. The number of allylic oxidation sites excluding steroid dienone is 1. The van der Waals surface area contributed by atoms with Gasteiger partial charge in [-0.2, -0.15) is 0 Å². The monoisotopic (exact) mass is 468 g/mol. The van der Waals surface area contributed by atoms with Gasteiger partial charge in [0.25, 0.3) is 5.91 Å². The molecule has 3 aromatic carbocycles. The van der Waals surface area contributed by atoms with Gasteiger partial charge in [-0.15, -0.1) is 0 Å². The van der Waals surface area contributed by atoms with Crippen LogP contribution in [0.1, 0.15) is 39.9 Å². The zero-order valence-corrected chi connectivity index (χ0v) is 20.2. The molecule has 5 heteroatoms. The fourth-order valence-electron chi connectivity index (χ4n) is 4.16. The van der Waals surface area contributed by atoms with Crippen LogP contribution in [0.3, 0.4) is 0 Å². The molecule has 0 bridgehead atoms. The Morgan fingerprint density at radius 3 is 2.31 bits per heavy atom. The summed E-state index contributed by atoms with van der Waals surface area (Å²) < 4.78 is 5.63. The lowest BCUT2D eigenvalue weighted by Gasteiger charge is -2.32. The van der Waals surface area contributed by atoms with Gasteiger partial charge in [-0.3, -0.25) is 14.5 Å². The average molecular weight is 469 g/mol. The van der Waals surface area contributed by atoms with Crippen molar-refractivity contribution in [1.29, 1.82) is 0 Å². The van der Waals surface area contributed by atoms with Gasteiger partial charge in [0.2, 0.25) is 0 Å². The van der Waals surface area contributed by atoms with Crippen molar-refractivity contribution in [1.82, 2.24) is 10.2 Å². The first-order chi connectivity index (χ1) is 17.0. The van der Waals surface area contributed by atoms with Crippen molar-refractivity contribution in [2.24, 2.45) is 0 Å². The molecule has 0 saturated carbocycles. The van der Waals surface area contributed by atoms with E-state index in [1.165, 1.54) is 11.1 Å². The molecule has 1 aliphatic heterocycles. The molecule has 180 valence electrons. The molecule has 1 heterocycles. The third kappa shape index (κ3) is 7.66. The Morgan fingerprint density at radius 1 is 0.943 bits per heavy atom. The van der Waals surface area contributed by atoms with Crippen molar-refractivity contribution >= 4 is 17.8 Å². The predicted molar refractivity (Wildman–Crippen MR) is 139 cm³/mol. The van der Waals surface area contributed by atoms with E-state index in [4.69, 9.17) is 4.74 Å². The number of ketones is 1. The topological polar surface area (TPSA) is 58.6 Å². The minimum Gasteiger partial charge on any atom is -0.484 e. The highest BCUT2D eigenvalue weighted by Gasteiger charge is 2.20. The van der Waals surface area contributed by atoms with Crippen LogP contribution in [0, 0.1) is 6.92 Å². The molecule has 0 aliphatic carbocycles. The Labute approximate surface area is 207 Å². The smallest absolute Gasteiger partial charge is 0.258 e. The standard InChI is InChI=1S/C30H32N2O3/c1-23-7-9-24(10-8-23)11-16-29(33)26-12-14-28(15-13-26)35-22-30(34)31-27-17-19-32(20-18-27)21-25-5-3-2-4-6-25/h2-16,27H,17-22H2,1H3,(H,31,34). The maximum Gasteiger partial charge on any atom is 0.258 e. The van der Waals surface area contributed by atoms with E-state index in [-0.39, 0.29) is 24.3 Å². The molecule has 35 heavy (non-hydrogen) atoms. The molecular formula is C30H32N2O3. The molecule has 4 rings (SSSR count). The van der Waals surface area contributed by atoms with Gasteiger partial charge in [0.1, 0.15) is 5.75 Å². The Morgan fingerprint density at radius 2 is 1.63 bits per heavy atom. The third-order valence-electron chi connectivity index (χ3n) is 6.21. The number of ether oxygens (including phenoxy) is 1. The third-order valence-corrected chi connectivity index (χ3v) is 6.21. The van der Waals surface area contributed by atoms with Crippen molar-refractivity contribution in [3.63, 3.8) is 0 Å². The first-order valence-electron chi connectivity index (χ1n) is 12.1. The van der Waals surface area contributed by atoms with Crippen molar-refractivity contribution in [2.75, 3.05) is 19.7 Å². The highest BCUT2D eigenvalue weighted by molar-refractivity contribution is 6.06. The minimum absolute atomic E-state index is 0.0369. The quantitative estimate of drug-likeness (QED) is 0.353. The lowest BCUT2D eigenvalue weighted by Crippen LogP contribution is -2.45. The number of likely N-dealkylation sites (tertiary alicyclic amines) is 1. The summed E-state index contributed by atoms with van der Waals surface area (Å²) >= 11 is 0. The molecule has 0 unspecified atom stereocenters. The molecule has 1 fully saturated rings. The summed E-state index contributed by atoms with van der Waals surface area (Å²) in [5, 5.41) is 3.09. The molecule has 0 radical (unpaired) electrons. The van der Waals surface area contributed by atoms with Gasteiger partial charge in [-0.1, -0.05) is 66.2 Å². The van der Waals surface area contributed by atoms with E-state index in [2.05, 4.69) is 34.5 Å². The molecule has 1 amide bonds. The minimum atomic E-state index is -0.118. The highest BCUT2D eigenvalue weighted by Crippen LogP contribution is 2.16. The first-order valence-corrected chi connectivity index (χ1v) is 12.1. The van der Waals surface area contributed by atoms with Crippen molar-refractivity contribution in [3.05, 3.63) is 107 Å². The van der Waals surface area contributed by atoms with Gasteiger partial charge in [-0.25, -0.2) is 0 Å². The lowest BCUT2D eigenvalue weighted by atomic mass is 10.0. The van der Waals surface area contributed by atoms with Crippen LogP contribution in [0.5, 0.6) is 5.75 Å². The molecule has 3 aromatic rings. The zero-order chi connectivity index (χ0) is 24.5. The number of carbonyl (C=O) groups excluding carboxylic acids is 2. The number of rotatable bonds is 9. The summed E-state index contributed by atoms with van der Waals surface area (Å²) in [6, 6.07) is 25.5. The van der Waals surface area contributed by atoms with Gasteiger partial charge < -0.3 is 10.1 Å². The second-order valence-corrected chi connectivity index (χ2v) is 9.02. The maximum atomic E-state index is 12.4. The van der Waals surface area contributed by atoms with E-state index in [1.54, 1.807) is 30.3 Å². The van der Waals surface area contributed by atoms with Crippen LogP contribution in [-0.4, -0.2) is 42.3 Å². The number of amides is 1. The number of benzene rings is 3. The average Bonchev–Trinajstić information content (AvgIpc) is 2.89. The number of carbonyl (C=O) groups is 2. The summed E-state index contributed by atoms with van der Waals surface area (Å²) in [4.78, 5) is 27.2. The fraction of sp³-hybridized carbons (Fsp3) is 0.267. The fourth-order valence-corrected chi connectivity index (χ4v) is 4.16. The van der Waals surface area contributed by atoms with Crippen molar-refractivity contribution < 1.29 is 14.3 Å². The lowest BCUT2D eigenvalue weighted by molar-refractivity contribution is -0.124. The van der Waals surface area contributed by atoms with Gasteiger partial charge in [0.05, 0.1) is 0 Å². The van der Waals surface area contributed by atoms with E-state index >= 15 is 0 Å². The number of nitrogens with one attached hydrogen (secondary N) is 1. The molecular weight excluding hydrogens is 436 g/mol. The molecule has 1 saturated heterocycles. The van der Waals surface area contributed by atoms with E-state index in [0.717, 1.165) is 38.0 Å². The Hall–Kier alpha value is -3.70. The van der Waals surface area contributed by atoms with E-state index in [1.807, 2.05) is 43.3 Å². The van der Waals surface area contributed by atoms with Crippen molar-refractivity contribution in [2.45, 2.75) is 32.4 Å². The summed E-state index contributed by atoms with van der Waals surface area (Å²) in [6.07, 6.45) is 5.25. The Balaban J connectivity index is 1.17. The van der Waals surface area contributed by atoms with E-state index in [0.29, 0.717) is 11.3 Å². The molecule has 5 nitrogen and oxygen atoms in total. The molecule has 1 aliphatic rings. The number of aryl methyl sites for hydroxylation is 1. The highest BCUT2D eigenvalue weighted by atomic mass is 16.5. The molecule has 0 spiro atoms. The van der Waals surface area contributed by atoms with Crippen LogP contribution in [0.25, 0.3) is 6.08 Å². The number of piperidine rings is 1. The maximum absolute atomic E-state index is 12.4. The summed E-state index contributed by atoms with van der Waals surface area (Å²) in [6.45, 7) is 4.88. The van der Waals surface area contributed by atoms with Gasteiger partial charge in [-0.05, 0) is 61.2 Å². The number of nitrogens with zero attached hydrogens (tertiary/aromatic N) is 1. The summed E-state index contributed by atoms with van der Waals surface area (Å²) in [5.74, 6) is 0.373. The Kier molecular flexibility index (Phi) is 8.47. The van der Waals surface area contributed by atoms with Gasteiger partial charge in [0.15, 0.2) is 12.4 Å². The normalized spacial score (nSPS) is 14.7. The van der Waals surface area contributed by atoms with Gasteiger partial charge in [0, 0.05) is 31.2 Å². The van der Waals surface area contributed by atoms with E-state index in [9.17, 15) is 9.59 Å². The summed E-state index contributed by atoms with van der Waals surface area (Å²) in [7, 11) is 0. The number of hydrogen-bond acceptors (Lipinski definition) is 4. The molecule has 1 N–H and O–H groups in total. The van der Waals surface area contributed by atoms with E-state index < -0.39 is 0 Å². The van der Waals surface area contributed by atoms with Crippen molar-refractivity contribution in [3.8, 4) is 5.75 Å². The van der Waals surface area contributed by atoms with Gasteiger partial charge >= 0.3 is 0 Å². The largest absolute Gasteiger partial charge is 0.484 e. The summed E-state index contributed by atoms with van der Waals surface area (Å²) in [5.41, 5.74) is 4.06. The SMILES string of the molecule is Cc1ccc(C=CC(=O)c2ccc(OCC(=O)NC3CCN(Cc4ccccc4)CC3)cc2)cc1. The predicted octanol–water partition coefficient (Wildman–Crippen LogP) is 5.05.